The second-order valence-corrected chi connectivity index (χ2v) is 7.31. The van der Waals surface area contributed by atoms with E-state index in [1.807, 2.05) is 47.4 Å². The highest BCUT2D eigenvalue weighted by molar-refractivity contribution is 6.31. The van der Waals surface area contributed by atoms with E-state index in [9.17, 15) is 9.18 Å². The van der Waals surface area contributed by atoms with Crippen molar-refractivity contribution < 1.29 is 9.18 Å². The Hall–Kier alpha value is -2.96. The monoisotopic (exact) mass is 410 g/mol. The van der Waals surface area contributed by atoms with Crippen molar-refractivity contribution in [3.05, 3.63) is 83.4 Å². The zero-order chi connectivity index (χ0) is 20.2. The average Bonchev–Trinajstić information content (AvgIpc) is 3.22. The molecule has 0 aliphatic carbocycles. The van der Waals surface area contributed by atoms with Gasteiger partial charge in [0.1, 0.15) is 5.82 Å². The minimum atomic E-state index is -0.506. The summed E-state index contributed by atoms with van der Waals surface area (Å²) in [6.07, 6.45) is 6.88. The summed E-state index contributed by atoms with van der Waals surface area (Å²) in [6.45, 7) is 1.73. The van der Waals surface area contributed by atoms with E-state index in [1.165, 1.54) is 23.8 Å². The number of nitrogens with zero attached hydrogens (tertiary/aromatic N) is 3. The predicted molar refractivity (Wildman–Crippen MR) is 113 cm³/mol. The maximum Gasteiger partial charge on any atom is 0.238 e. The third-order valence-corrected chi connectivity index (χ3v) is 5.13. The molecule has 7 heteroatoms. The molecule has 0 spiro atoms. The lowest BCUT2D eigenvalue weighted by atomic mass is 10.0. The third kappa shape index (κ3) is 4.72. The molecule has 29 heavy (non-hydrogen) atoms. The fourth-order valence-electron chi connectivity index (χ4n) is 3.31. The second kappa shape index (κ2) is 8.59. The van der Waals surface area contributed by atoms with Gasteiger partial charge in [-0.05, 0) is 42.3 Å². The van der Waals surface area contributed by atoms with Crippen LogP contribution in [-0.4, -0.2) is 40.2 Å². The predicted octanol–water partition coefficient (Wildman–Crippen LogP) is 4.39. The minimum Gasteiger partial charge on any atom is -0.325 e. The van der Waals surface area contributed by atoms with Crippen LogP contribution in [0.5, 0.6) is 0 Å². The highest BCUT2D eigenvalue weighted by Gasteiger charge is 2.17. The number of carbonyl (C=O) groups is 1. The van der Waals surface area contributed by atoms with Crippen LogP contribution in [0.1, 0.15) is 12.0 Å². The van der Waals surface area contributed by atoms with Gasteiger partial charge in [0.15, 0.2) is 0 Å². The Bertz CT molecular complexity index is 1050. The summed E-state index contributed by atoms with van der Waals surface area (Å²) >= 11 is 5.75. The van der Waals surface area contributed by atoms with Gasteiger partial charge < -0.3 is 5.32 Å². The first-order chi connectivity index (χ1) is 14.1. The van der Waals surface area contributed by atoms with Crippen molar-refractivity contribution in [1.82, 2.24) is 14.7 Å². The SMILES string of the molecule is O=C(CN1CC=C(c2cnn(-c3ccccc3)c2)CC1)Nc1ccc(F)c(Cl)c1. The van der Waals surface area contributed by atoms with Crippen molar-refractivity contribution in [3.63, 3.8) is 0 Å². The van der Waals surface area contributed by atoms with E-state index in [1.54, 1.807) is 0 Å². The largest absolute Gasteiger partial charge is 0.325 e. The third-order valence-electron chi connectivity index (χ3n) is 4.84. The minimum absolute atomic E-state index is 0.00982. The quantitative estimate of drug-likeness (QED) is 0.678. The molecule has 1 aromatic heterocycles. The smallest absolute Gasteiger partial charge is 0.238 e. The fraction of sp³-hybridized carbons (Fsp3) is 0.182. The molecule has 0 atom stereocenters. The zero-order valence-corrected chi connectivity index (χ0v) is 16.4. The van der Waals surface area contributed by atoms with Crippen LogP contribution in [0.4, 0.5) is 10.1 Å². The first-order valence-electron chi connectivity index (χ1n) is 9.35. The maximum absolute atomic E-state index is 13.2. The van der Waals surface area contributed by atoms with Crippen LogP contribution in [0.3, 0.4) is 0 Å². The van der Waals surface area contributed by atoms with E-state index in [4.69, 9.17) is 11.6 Å². The van der Waals surface area contributed by atoms with Gasteiger partial charge in [0.05, 0.1) is 23.5 Å². The standard InChI is InChI=1S/C22H20ClFN4O/c23-20-12-18(6-7-21(20)24)26-22(29)15-27-10-8-16(9-11-27)17-13-25-28(14-17)19-4-2-1-3-5-19/h1-8,12-14H,9-11,15H2,(H,26,29). The molecule has 5 nitrogen and oxygen atoms in total. The highest BCUT2D eigenvalue weighted by Crippen LogP contribution is 2.23. The normalized spacial score (nSPS) is 14.5. The molecule has 2 aromatic carbocycles. The topological polar surface area (TPSA) is 50.2 Å². The number of benzene rings is 2. The van der Waals surface area contributed by atoms with E-state index in [0.717, 1.165) is 24.2 Å². The molecular weight excluding hydrogens is 391 g/mol. The molecule has 148 valence electrons. The number of carbonyl (C=O) groups excluding carboxylic acids is 1. The van der Waals surface area contributed by atoms with Gasteiger partial charge >= 0.3 is 0 Å². The lowest BCUT2D eigenvalue weighted by Crippen LogP contribution is -2.36. The van der Waals surface area contributed by atoms with Crippen LogP contribution in [-0.2, 0) is 4.79 Å². The van der Waals surface area contributed by atoms with E-state index >= 15 is 0 Å². The Balaban J connectivity index is 1.34. The molecular formula is C22H20ClFN4O. The Morgan fingerprint density at radius 3 is 2.76 bits per heavy atom. The lowest BCUT2D eigenvalue weighted by molar-refractivity contribution is -0.117. The molecule has 1 aliphatic heterocycles. The lowest BCUT2D eigenvalue weighted by Gasteiger charge is -2.25. The molecule has 1 amide bonds. The zero-order valence-electron chi connectivity index (χ0n) is 15.7. The summed E-state index contributed by atoms with van der Waals surface area (Å²) in [4.78, 5) is 14.3. The van der Waals surface area contributed by atoms with Gasteiger partial charge in [0, 0.05) is 30.5 Å². The number of hydrogen-bond acceptors (Lipinski definition) is 3. The number of halogens is 2. The van der Waals surface area contributed by atoms with Crippen molar-refractivity contribution in [2.75, 3.05) is 25.0 Å². The molecule has 0 fully saturated rings. The van der Waals surface area contributed by atoms with Gasteiger partial charge in [0.2, 0.25) is 5.91 Å². The van der Waals surface area contributed by atoms with Crippen molar-refractivity contribution in [1.29, 1.82) is 0 Å². The van der Waals surface area contributed by atoms with E-state index in [2.05, 4.69) is 21.4 Å². The van der Waals surface area contributed by atoms with Crippen LogP contribution in [0, 0.1) is 5.82 Å². The first kappa shape index (κ1) is 19.4. The van der Waals surface area contributed by atoms with E-state index < -0.39 is 5.82 Å². The molecule has 0 saturated carbocycles. The van der Waals surface area contributed by atoms with Gasteiger partial charge in [-0.15, -0.1) is 0 Å². The van der Waals surface area contributed by atoms with Gasteiger partial charge in [-0.2, -0.15) is 5.10 Å². The van der Waals surface area contributed by atoms with Crippen molar-refractivity contribution in [2.24, 2.45) is 0 Å². The summed E-state index contributed by atoms with van der Waals surface area (Å²) in [5.41, 5.74) is 3.84. The number of rotatable bonds is 5. The van der Waals surface area contributed by atoms with E-state index in [-0.39, 0.29) is 17.5 Å². The van der Waals surface area contributed by atoms with Crippen LogP contribution in [0.15, 0.2) is 67.0 Å². The molecule has 3 aromatic rings. The summed E-state index contributed by atoms with van der Waals surface area (Å²) in [7, 11) is 0. The number of nitrogens with one attached hydrogen (secondary N) is 1. The summed E-state index contributed by atoms with van der Waals surface area (Å²) in [5.74, 6) is -0.657. The molecule has 0 bridgehead atoms. The van der Waals surface area contributed by atoms with E-state index in [0.29, 0.717) is 12.2 Å². The van der Waals surface area contributed by atoms with Gasteiger partial charge in [0.25, 0.3) is 0 Å². The maximum atomic E-state index is 13.2. The van der Waals surface area contributed by atoms with Crippen molar-refractivity contribution in [3.8, 4) is 5.69 Å². The number of anilines is 1. The van der Waals surface area contributed by atoms with Crippen LogP contribution >= 0.6 is 11.6 Å². The Labute approximate surface area is 173 Å². The molecule has 1 N–H and O–H groups in total. The van der Waals surface area contributed by atoms with Crippen LogP contribution in [0.25, 0.3) is 11.3 Å². The van der Waals surface area contributed by atoms with Crippen molar-refractivity contribution >= 4 is 28.8 Å². The molecule has 4 rings (SSSR count). The second-order valence-electron chi connectivity index (χ2n) is 6.90. The highest BCUT2D eigenvalue weighted by atomic mass is 35.5. The molecule has 0 saturated heterocycles. The van der Waals surface area contributed by atoms with Gasteiger partial charge in [-0.25, -0.2) is 9.07 Å². The summed E-state index contributed by atoms with van der Waals surface area (Å²) < 4.78 is 15.1. The molecule has 0 radical (unpaired) electrons. The van der Waals surface area contributed by atoms with Crippen molar-refractivity contribution in [2.45, 2.75) is 6.42 Å². The number of hydrogen-bond donors (Lipinski definition) is 1. The molecule has 1 aliphatic rings. The van der Waals surface area contributed by atoms with Gasteiger partial charge in [-0.1, -0.05) is 35.9 Å². The molecule has 2 heterocycles. The van der Waals surface area contributed by atoms with Crippen LogP contribution < -0.4 is 5.32 Å². The molecule has 0 unspecified atom stereocenters. The number of aromatic nitrogens is 2. The van der Waals surface area contributed by atoms with Gasteiger partial charge in [-0.3, -0.25) is 9.69 Å². The fourth-order valence-corrected chi connectivity index (χ4v) is 3.49. The summed E-state index contributed by atoms with van der Waals surface area (Å²) in [5, 5.41) is 7.20. The Kier molecular flexibility index (Phi) is 5.74. The Morgan fingerprint density at radius 1 is 1.21 bits per heavy atom. The van der Waals surface area contributed by atoms with Crippen LogP contribution in [0.2, 0.25) is 5.02 Å². The number of amides is 1. The average molecular weight is 411 g/mol. The number of para-hydroxylation sites is 1. The summed E-state index contributed by atoms with van der Waals surface area (Å²) in [6, 6.07) is 14.1. The first-order valence-corrected chi connectivity index (χ1v) is 9.73. The Morgan fingerprint density at radius 2 is 2.03 bits per heavy atom.